The Labute approximate surface area is 175 Å². The molecule has 148 valence electrons. The van der Waals surface area contributed by atoms with Crippen LogP contribution in [0.5, 0.6) is 0 Å². The molecule has 1 aliphatic heterocycles. The van der Waals surface area contributed by atoms with Gasteiger partial charge in [0.25, 0.3) is 0 Å². The van der Waals surface area contributed by atoms with Crippen LogP contribution in [0, 0.1) is 0 Å². The van der Waals surface area contributed by atoms with Crippen molar-refractivity contribution in [1.82, 2.24) is 0 Å². The van der Waals surface area contributed by atoms with E-state index in [9.17, 15) is 0 Å². The summed E-state index contributed by atoms with van der Waals surface area (Å²) >= 11 is 0. The topological polar surface area (TPSA) is 31.6 Å². The molecule has 1 fully saturated rings. The molecule has 30 heavy (non-hydrogen) atoms. The van der Waals surface area contributed by atoms with Gasteiger partial charge < -0.3 is 13.7 Å². The van der Waals surface area contributed by atoms with E-state index in [1.807, 2.05) is 6.07 Å². The van der Waals surface area contributed by atoms with Crippen LogP contribution < -0.4 is 5.46 Å². The average Bonchev–Trinajstić information content (AvgIpc) is 3.21. The molecule has 5 aromatic rings. The van der Waals surface area contributed by atoms with Crippen LogP contribution in [0.15, 0.2) is 71.1 Å². The largest absolute Gasteiger partial charge is 0.498 e. The maximum Gasteiger partial charge on any atom is 0.498 e. The molecule has 1 saturated heterocycles. The molecule has 1 aliphatic rings. The summed E-state index contributed by atoms with van der Waals surface area (Å²) < 4.78 is 19.0. The highest BCUT2D eigenvalue weighted by atomic mass is 16.7. The molecule has 0 amide bonds. The molecule has 0 saturated carbocycles. The lowest BCUT2D eigenvalue weighted by Gasteiger charge is -2.32. The van der Waals surface area contributed by atoms with Crippen LogP contribution in [0.25, 0.3) is 43.5 Å². The van der Waals surface area contributed by atoms with E-state index in [2.05, 4.69) is 88.4 Å². The molecule has 0 bridgehead atoms. The van der Waals surface area contributed by atoms with Crippen molar-refractivity contribution in [2.75, 3.05) is 0 Å². The fraction of sp³-hybridized carbons (Fsp3) is 0.231. The zero-order chi connectivity index (χ0) is 20.7. The molecular weight excluding hydrogens is 371 g/mol. The highest BCUT2D eigenvalue weighted by Gasteiger charge is 2.52. The molecule has 4 aromatic carbocycles. The minimum atomic E-state index is -0.452. The molecule has 0 N–H and O–H groups in total. The molecule has 0 aliphatic carbocycles. The Balaban J connectivity index is 1.64. The Morgan fingerprint density at radius 2 is 1.33 bits per heavy atom. The number of furan rings is 1. The molecule has 4 heteroatoms. The number of benzene rings is 4. The Bertz CT molecular complexity index is 1450. The summed E-state index contributed by atoms with van der Waals surface area (Å²) in [7, 11) is -0.452. The second kappa shape index (κ2) is 5.87. The third kappa shape index (κ3) is 2.35. The zero-order valence-electron chi connectivity index (χ0n) is 17.7. The molecule has 0 radical (unpaired) electrons. The number of hydrogen-bond donors (Lipinski definition) is 0. The third-order valence-electron chi connectivity index (χ3n) is 6.92. The quantitative estimate of drug-likeness (QED) is 0.251. The van der Waals surface area contributed by atoms with Crippen LogP contribution in [0.2, 0.25) is 0 Å². The third-order valence-corrected chi connectivity index (χ3v) is 6.92. The van der Waals surface area contributed by atoms with E-state index in [0.29, 0.717) is 0 Å². The van der Waals surface area contributed by atoms with Gasteiger partial charge in [0.2, 0.25) is 0 Å². The van der Waals surface area contributed by atoms with Gasteiger partial charge in [-0.3, -0.25) is 0 Å². The van der Waals surface area contributed by atoms with E-state index in [-0.39, 0.29) is 0 Å². The van der Waals surface area contributed by atoms with E-state index in [1.54, 1.807) is 0 Å². The molecule has 6 rings (SSSR count). The lowest BCUT2D eigenvalue weighted by atomic mass is 9.78. The van der Waals surface area contributed by atoms with Crippen molar-refractivity contribution in [1.29, 1.82) is 0 Å². The Morgan fingerprint density at radius 1 is 0.633 bits per heavy atom. The smallest absolute Gasteiger partial charge is 0.456 e. The molecule has 0 unspecified atom stereocenters. The first kappa shape index (κ1) is 18.0. The fourth-order valence-electron chi connectivity index (χ4n) is 4.56. The summed E-state index contributed by atoms with van der Waals surface area (Å²) in [5.74, 6) is 0. The Morgan fingerprint density at radius 3 is 2.13 bits per heavy atom. The maximum atomic E-state index is 6.39. The Hall–Kier alpha value is -2.82. The lowest BCUT2D eigenvalue weighted by Crippen LogP contribution is -2.41. The van der Waals surface area contributed by atoms with Crippen molar-refractivity contribution in [2.24, 2.45) is 0 Å². The molecule has 3 nitrogen and oxygen atoms in total. The predicted molar refractivity (Wildman–Crippen MR) is 124 cm³/mol. The van der Waals surface area contributed by atoms with Crippen molar-refractivity contribution in [2.45, 2.75) is 38.9 Å². The van der Waals surface area contributed by atoms with Gasteiger partial charge >= 0.3 is 7.12 Å². The Kier molecular flexibility index (Phi) is 3.52. The van der Waals surface area contributed by atoms with E-state index < -0.39 is 18.3 Å². The SMILES string of the molecule is CC1(C)OB(c2cccc3c2oc2ccc4c5ccccc5ccc4c23)OC1(C)C. The molecule has 2 heterocycles. The highest BCUT2D eigenvalue weighted by molar-refractivity contribution is 6.65. The van der Waals surface area contributed by atoms with Gasteiger partial charge in [-0.05, 0) is 55.3 Å². The maximum absolute atomic E-state index is 6.39. The monoisotopic (exact) mass is 394 g/mol. The van der Waals surface area contributed by atoms with Crippen LogP contribution in [0.1, 0.15) is 27.7 Å². The summed E-state index contributed by atoms with van der Waals surface area (Å²) in [4.78, 5) is 0. The number of para-hydroxylation sites is 1. The van der Waals surface area contributed by atoms with E-state index in [4.69, 9.17) is 13.7 Å². The highest BCUT2D eigenvalue weighted by Crippen LogP contribution is 2.39. The van der Waals surface area contributed by atoms with E-state index in [0.717, 1.165) is 27.4 Å². The van der Waals surface area contributed by atoms with Crippen molar-refractivity contribution >= 4 is 56.1 Å². The lowest BCUT2D eigenvalue weighted by molar-refractivity contribution is 0.00578. The van der Waals surface area contributed by atoms with Gasteiger partial charge in [-0.15, -0.1) is 0 Å². The van der Waals surface area contributed by atoms with Gasteiger partial charge in [-0.25, -0.2) is 0 Å². The average molecular weight is 394 g/mol. The molecule has 1 aromatic heterocycles. The predicted octanol–water partition coefficient (Wildman–Crippen LogP) is 6.19. The van der Waals surface area contributed by atoms with Crippen LogP contribution in [-0.2, 0) is 9.31 Å². The van der Waals surface area contributed by atoms with Crippen molar-refractivity contribution in [3.8, 4) is 0 Å². The van der Waals surface area contributed by atoms with Gasteiger partial charge in [0.15, 0.2) is 0 Å². The minimum absolute atomic E-state index is 0.391. The van der Waals surface area contributed by atoms with Gasteiger partial charge in [0, 0.05) is 16.2 Å². The van der Waals surface area contributed by atoms with Crippen LogP contribution in [-0.4, -0.2) is 18.3 Å². The minimum Gasteiger partial charge on any atom is -0.456 e. The second-order valence-corrected chi connectivity index (χ2v) is 9.23. The standard InChI is InChI=1S/C26H23BO3/c1-25(2)26(3,4)30-27(29-25)21-11-7-10-20-23-19-13-12-16-8-5-6-9-17(16)18(19)14-15-22(23)28-24(20)21/h5-15H,1-4H3. The number of fused-ring (bicyclic) bond motifs is 7. The first-order valence-corrected chi connectivity index (χ1v) is 10.5. The van der Waals surface area contributed by atoms with E-state index in [1.165, 1.54) is 21.5 Å². The summed E-state index contributed by atoms with van der Waals surface area (Å²) in [5, 5.41) is 7.19. The zero-order valence-corrected chi connectivity index (χ0v) is 17.7. The number of hydrogen-bond acceptors (Lipinski definition) is 3. The first-order chi connectivity index (χ1) is 14.4. The molecule has 0 spiro atoms. The number of rotatable bonds is 1. The van der Waals surface area contributed by atoms with E-state index >= 15 is 0 Å². The van der Waals surface area contributed by atoms with Crippen LogP contribution in [0.3, 0.4) is 0 Å². The summed E-state index contributed by atoms with van der Waals surface area (Å²) in [6.07, 6.45) is 0. The van der Waals surface area contributed by atoms with Gasteiger partial charge in [0.1, 0.15) is 11.2 Å². The fourth-order valence-corrected chi connectivity index (χ4v) is 4.56. The normalized spacial score (nSPS) is 18.2. The summed E-state index contributed by atoms with van der Waals surface area (Å²) in [5.41, 5.74) is 1.88. The summed E-state index contributed by atoms with van der Waals surface area (Å²) in [6.45, 7) is 8.30. The van der Waals surface area contributed by atoms with Gasteiger partial charge in [0.05, 0.1) is 11.2 Å². The molecule has 0 atom stereocenters. The van der Waals surface area contributed by atoms with Crippen molar-refractivity contribution < 1.29 is 13.7 Å². The summed E-state index contributed by atoms with van der Waals surface area (Å²) in [6, 6.07) is 23.4. The van der Waals surface area contributed by atoms with Gasteiger partial charge in [-0.2, -0.15) is 0 Å². The second-order valence-electron chi connectivity index (χ2n) is 9.23. The van der Waals surface area contributed by atoms with Gasteiger partial charge in [-0.1, -0.05) is 60.7 Å². The molecular formula is C26H23BO3. The first-order valence-electron chi connectivity index (χ1n) is 10.5. The van der Waals surface area contributed by atoms with Crippen molar-refractivity contribution in [3.63, 3.8) is 0 Å². The van der Waals surface area contributed by atoms with Crippen LogP contribution >= 0.6 is 0 Å². The van der Waals surface area contributed by atoms with Crippen LogP contribution in [0.4, 0.5) is 0 Å². The van der Waals surface area contributed by atoms with Crippen molar-refractivity contribution in [3.05, 3.63) is 66.7 Å².